The molecule has 0 radical (unpaired) electrons. The Balaban J connectivity index is 1.76. The highest BCUT2D eigenvalue weighted by Gasteiger charge is 2.23. The smallest absolute Gasteiger partial charge is 0.123 e. The lowest BCUT2D eigenvalue weighted by Gasteiger charge is -2.35. The van der Waals surface area contributed by atoms with E-state index in [-0.39, 0.29) is 5.82 Å². The van der Waals surface area contributed by atoms with Crippen LogP contribution in [0.25, 0.3) is 0 Å². The van der Waals surface area contributed by atoms with Crippen LogP contribution in [0.5, 0.6) is 0 Å². The molecule has 112 valence electrons. The molecule has 0 amide bonds. The molecular weight excluding hydrogens is 251 g/mol. The summed E-state index contributed by atoms with van der Waals surface area (Å²) in [5.41, 5.74) is 1.19. The maximum absolute atomic E-state index is 12.9. The molecule has 1 aromatic rings. The molecule has 1 saturated carbocycles. The molecule has 0 aliphatic heterocycles. The Hall–Kier alpha value is -0.930. The van der Waals surface area contributed by atoms with Gasteiger partial charge in [-0.3, -0.25) is 4.90 Å². The molecule has 0 bridgehead atoms. The lowest BCUT2D eigenvalue weighted by Crippen LogP contribution is -2.40. The summed E-state index contributed by atoms with van der Waals surface area (Å²) in [6.45, 7) is 4.27. The Morgan fingerprint density at radius 1 is 1.15 bits per heavy atom. The lowest BCUT2D eigenvalue weighted by atomic mass is 9.90. The number of rotatable bonds is 6. The average Bonchev–Trinajstić information content (AvgIpc) is 2.48. The van der Waals surface area contributed by atoms with Gasteiger partial charge < -0.3 is 5.32 Å². The highest BCUT2D eigenvalue weighted by Crippen LogP contribution is 2.23. The number of nitrogens with zero attached hydrogens (tertiary/aromatic N) is 1. The van der Waals surface area contributed by atoms with Crippen molar-refractivity contribution in [3.05, 3.63) is 35.6 Å². The average molecular weight is 278 g/mol. The molecule has 1 aliphatic carbocycles. The van der Waals surface area contributed by atoms with Crippen molar-refractivity contribution in [2.75, 3.05) is 13.6 Å². The van der Waals surface area contributed by atoms with E-state index in [1.165, 1.54) is 37.7 Å². The van der Waals surface area contributed by atoms with Crippen LogP contribution in [0.2, 0.25) is 0 Å². The fourth-order valence-electron chi connectivity index (χ4n) is 3.08. The Bertz CT molecular complexity index is 382. The Morgan fingerprint density at radius 2 is 1.80 bits per heavy atom. The van der Waals surface area contributed by atoms with Gasteiger partial charge in [0.25, 0.3) is 0 Å². The van der Waals surface area contributed by atoms with Crippen LogP contribution in [-0.2, 0) is 6.54 Å². The van der Waals surface area contributed by atoms with Crippen LogP contribution in [-0.4, -0.2) is 30.6 Å². The normalized spacial score (nSPS) is 23.2. The van der Waals surface area contributed by atoms with Crippen molar-refractivity contribution in [2.24, 2.45) is 0 Å². The molecule has 2 rings (SSSR count). The second-order valence-electron chi connectivity index (χ2n) is 6.00. The fourth-order valence-corrected chi connectivity index (χ4v) is 3.08. The summed E-state index contributed by atoms with van der Waals surface area (Å²) in [6.07, 6.45) is 6.29. The zero-order valence-electron chi connectivity index (χ0n) is 12.7. The molecule has 0 saturated heterocycles. The molecule has 2 nitrogen and oxygen atoms in total. The van der Waals surface area contributed by atoms with Gasteiger partial charge in [-0.05, 0) is 63.4 Å². The maximum Gasteiger partial charge on any atom is 0.123 e. The van der Waals surface area contributed by atoms with E-state index >= 15 is 0 Å². The monoisotopic (exact) mass is 278 g/mol. The van der Waals surface area contributed by atoms with Crippen LogP contribution in [0.15, 0.2) is 24.3 Å². The maximum atomic E-state index is 12.9. The highest BCUT2D eigenvalue weighted by molar-refractivity contribution is 5.15. The second kappa shape index (κ2) is 7.75. The fraction of sp³-hybridized carbons (Fsp3) is 0.647. The summed E-state index contributed by atoms with van der Waals surface area (Å²) >= 11 is 0. The van der Waals surface area contributed by atoms with Crippen molar-refractivity contribution in [1.29, 1.82) is 0 Å². The van der Waals surface area contributed by atoms with E-state index < -0.39 is 0 Å². The van der Waals surface area contributed by atoms with Crippen LogP contribution in [0, 0.1) is 5.82 Å². The Labute approximate surface area is 122 Å². The van der Waals surface area contributed by atoms with E-state index in [0.717, 1.165) is 13.1 Å². The van der Waals surface area contributed by atoms with Gasteiger partial charge in [-0.25, -0.2) is 4.39 Å². The molecule has 1 fully saturated rings. The van der Waals surface area contributed by atoms with Crippen LogP contribution < -0.4 is 5.32 Å². The molecule has 20 heavy (non-hydrogen) atoms. The van der Waals surface area contributed by atoms with E-state index in [2.05, 4.69) is 24.2 Å². The third kappa shape index (κ3) is 4.57. The highest BCUT2D eigenvalue weighted by atomic mass is 19.1. The first-order valence-corrected chi connectivity index (χ1v) is 7.87. The van der Waals surface area contributed by atoms with E-state index in [1.807, 2.05) is 12.1 Å². The first-order chi connectivity index (χ1) is 9.69. The van der Waals surface area contributed by atoms with Gasteiger partial charge >= 0.3 is 0 Å². The number of nitrogens with one attached hydrogen (secondary N) is 1. The van der Waals surface area contributed by atoms with Crippen LogP contribution in [0.3, 0.4) is 0 Å². The summed E-state index contributed by atoms with van der Waals surface area (Å²) in [5.74, 6) is -0.154. The number of halogens is 1. The van der Waals surface area contributed by atoms with Crippen molar-refractivity contribution in [1.82, 2.24) is 10.2 Å². The zero-order valence-corrected chi connectivity index (χ0v) is 12.7. The van der Waals surface area contributed by atoms with Crippen molar-refractivity contribution < 1.29 is 4.39 Å². The lowest BCUT2D eigenvalue weighted by molar-refractivity contribution is 0.168. The molecule has 0 aromatic heterocycles. The van der Waals surface area contributed by atoms with Crippen LogP contribution >= 0.6 is 0 Å². The zero-order chi connectivity index (χ0) is 14.4. The molecular formula is C17H27FN2. The van der Waals surface area contributed by atoms with Gasteiger partial charge in [0.05, 0.1) is 0 Å². The summed E-state index contributed by atoms with van der Waals surface area (Å²) in [4.78, 5) is 2.42. The quantitative estimate of drug-likeness (QED) is 0.856. The van der Waals surface area contributed by atoms with Crippen molar-refractivity contribution >= 4 is 0 Å². The predicted octanol–water partition coefficient (Wildman–Crippen LogP) is 3.57. The van der Waals surface area contributed by atoms with Crippen LogP contribution in [0.1, 0.15) is 44.6 Å². The van der Waals surface area contributed by atoms with Gasteiger partial charge in [0.2, 0.25) is 0 Å². The molecule has 0 spiro atoms. The van der Waals surface area contributed by atoms with Gasteiger partial charge in [-0.1, -0.05) is 19.1 Å². The van der Waals surface area contributed by atoms with Gasteiger partial charge in [0, 0.05) is 18.6 Å². The first kappa shape index (κ1) is 15.5. The largest absolute Gasteiger partial charge is 0.314 e. The van der Waals surface area contributed by atoms with Gasteiger partial charge in [0.1, 0.15) is 5.82 Å². The number of hydrogen-bond acceptors (Lipinski definition) is 2. The SMILES string of the molecule is CCCNC1CCC(N(C)Cc2ccc(F)cc2)CC1. The molecule has 1 N–H and O–H groups in total. The molecule has 0 unspecified atom stereocenters. The summed E-state index contributed by atoms with van der Waals surface area (Å²) in [5, 5.41) is 3.63. The molecule has 3 heteroatoms. The standard InChI is InChI=1S/C17H27FN2/c1-3-12-19-16-8-10-17(11-9-16)20(2)13-14-4-6-15(18)7-5-14/h4-7,16-17,19H,3,8-13H2,1-2H3. The van der Waals surface area contributed by atoms with E-state index in [4.69, 9.17) is 0 Å². The van der Waals surface area contributed by atoms with Crippen molar-refractivity contribution in [3.63, 3.8) is 0 Å². The number of benzene rings is 1. The number of hydrogen-bond donors (Lipinski definition) is 1. The molecule has 1 aliphatic rings. The van der Waals surface area contributed by atoms with Crippen LogP contribution in [0.4, 0.5) is 4.39 Å². The van der Waals surface area contributed by atoms with Gasteiger partial charge in [0.15, 0.2) is 0 Å². The third-order valence-corrected chi connectivity index (χ3v) is 4.35. The van der Waals surface area contributed by atoms with Crippen molar-refractivity contribution in [2.45, 2.75) is 57.7 Å². The Morgan fingerprint density at radius 3 is 2.40 bits per heavy atom. The topological polar surface area (TPSA) is 15.3 Å². The minimum atomic E-state index is -0.154. The van der Waals surface area contributed by atoms with E-state index in [1.54, 1.807) is 12.1 Å². The Kier molecular flexibility index (Phi) is 5.99. The summed E-state index contributed by atoms with van der Waals surface area (Å²) < 4.78 is 12.9. The molecule has 0 atom stereocenters. The predicted molar refractivity (Wildman–Crippen MR) is 82.2 cm³/mol. The van der Waals surface area contributed by atoms with Gasteiger partial charge in [-0.15, -0.1) is 0 Å². The minimum Gasteiger partial charge on any atom is -0.314 e. The van der Waals surface area contributed by atoms with E-state index in [9.17, 15) is 4.39 Å². The van der Waals surface area contributed by atoms with Gasteiger partial charge in [-0.2, -0.15) is 0 Å². The molecule has 1 aromatic carbocycles. The molecule has 0 heterocycles. The summed E-state index contributed by atoms with van der Waals surface area (Å²) in [7, 11) is 2.19. The minimum absolute atomic E-state index is 0.154. The first-order valence-electron chi connectivity index (χ1n) is 7.87. The second-order valence-corrected chi connectivity index (χ2v) is 6.00. The van der Waals surface area contributed by atoms with E-state index in [0.29, 0.717) is 12.1 Å². The third-order valence-electron chi connectivity index (χ3n) is 4.35. The van der Waals surface area contributed by atoms with Crippen molar-refractivity contribution in [3.8, 4) is 0 Å². The summed E-state index contributed by atoms with van der Waals surface area (Å²) in [6, 6.07) is 8.26.